The quantitative estimate of drug-likeness (QED) is 0.722. The van der Waals surface area contributed by atoms with Gasteiger partial charge in [0.1, 0.15) is 5.82 Å². The van der Waals surface area contributed by atoms with Crippen LogP contribution in [0.2, 0.25) is 0 Å². The van der Waals surface area contributed by atoms with E-state index in [1.54, 1.807) is 0 Å². The molecular formula is C20H18N4O2. The van der Waals surface area contributed by atoms with E-state index in [-0.39, 0.29) is 6.79 Å². The van der Waals surface area contributed by atoms with Crippen LogP contribution in [0.5, 0.6) is 11.5 Å². The Bertz CT molecular complexity index is 942. The number of aromatic nitrogens is 2. The summed E-state index contributed by atoms with van der Waals surface area (Å²) < 4.78 is 10.8. The number of benzene rings is 2. The van der Waals surface area contributed by atoms with Crippen LogP contribution >= 0.6 is 0 Å². The molecule has 1 fully saturated rings. The molecule has 1 aromatic heterocycles. The lowest BCUT2D eigenvalue weighted by molar-refractivity contribution is 0.174. The smallest absolute Gasteiger partial charge is 0.231 e. The third-order valence-electron chi connectivity index (χ3n) is 4.35. The number of nitrogens with one attached hydrogen (secondary N) is 2. The molecule has 130 valence electrons. The zero-order chi connectivity index (χ0) is 17.3. The van der Waals surface area contributed by atoms with E-state index >= 15 is 0 Å². The number of anilines is 3. The molecule has 0 unspecified atom stereocenters. The molecule has 2 heterocycles. The van der Waals surface area contributed by atoms with Crippen molar-refractivity contribution in [2.24, 2.45) is 0 Å². The Balaban J connectivity index is 1.48. The lowest BCUT2D eigenvalue weighted by atomic mass is 10.1. The van der Waals surface area contributed by atoms with Crippen molar-refractivity contribution in [3.63, 3.8) is 0 Å². The summed E-state index contributed by atoms with van der Waals surface area (Å²) in [5.74, 6) is 2.89. The van der Waals surface area contributed by atoms with E-state index in [9.17, 15) is 0 Å². The molecule has 26 heavy (non-hydrogen) atoms. The summed E-state index contributed by atoms with van der Waals surface area (Å²) in [6.45, 7) is 0.264. The molecule has 5 rings (SSSR count). The van der Waals surface area contributed by atoms with Gasteiger partial charge in [-0.05, 0) is 25.0 Å². The van der Waals surface area contributed by atoms with Gasteiger partial charge < -0.3 is 20.1 Å². The molecule has 0 bridgehead atoms. The molecule has 0 radical (unpaired) electrons. The van der Waals surface area contributed by atoms with Crippen LogP contribution in [0.25, 0.3) is 11.3 Å². The molecule has 2 N–H and O–H groups in total. The molecule has 1 aliphatic heterocycles. The maximum absolute atomic E-state index is 5.45. The highest BCUT2D eigenvalue weighted by atomic mass is 16.7. The van der Waals surface area contributed by atoms with Gasteiger partial charge in [-0.2, -0.15) is 4.98 Å². The first-order valence-electron chi connectivity index (χ1n) is 8.71. The van der Waals surface area contributed by atoms with Gasteiger partial charge in [0.05, 0.1) is 5.69 Å². The number of fused-ring (bicyclic) bond motifs is 1. The van der Waals surface area contributed by atoms with Crippen molar-refractivity contribution in [1.29, 1.82) is 0 Å². The average molecular weight is 346 g/mol. The largest absolute Gasteiger partial charge is 0.454 e. The molecule has 2 aromatic carbocycles. The second kappa shape index (κ2) is 6.22. The lowest BCUT2D eigenvalue weighted by Crippen LogP contribution is -2.07. The van der Waals surface area contributed by atoms with Crippen LogP contribution < -0.4 is 20.1 Å². The van der Waals surface area contributed by atoms with Crippen LogP contribution in [0.3, 0.4) is 0 Å². The van der Waals surface area contributed by atoms with E-state index < -0.39 is 0 Å². The van der Waals surface area contributed by atoms with E-state index in [0.717, 1.165) is 34.3 Å². The molecule has 0 saturated heterocycles. The zero-order valence-electron chi connectivity index (χ0n) is 14.1. The van der Waals surface area contributed by atoms with Crippen molar-refractivity contribution in [3.8, 4) is 22.8 Å². The summed E-state index contributed by atoms with van der Waals surface area (Å²) >= 11 is 0. The summed E-state index contributed by atoms with van der Waals surface area (Å²) in [6.07, 6.45) is 2.34. The predicted molar refractivity (Wildman–Crippen MR) is 100.0 cm³/mol. The van der Waals surface area contributed by atoms with E-state index in [0.29, 0.717) is 12.0 Å². The molecule has 3 aromatic rings. The molecule has 1 saturated carbocycles. The van der Waals surface area contributed by atoms with Gasteiger partial charge in [0.2, 0.25) is 12.7 Å². The predicted octanol–water partition coefficient (Wildman–Crippen LogP) is 4.19. The average Bonchev–Trinajstić information content (AvgIpc) is 3.36. The Morgan fingerprint density at radius 2 is 1.73 bits per heavy atom. The second-order valence-corrected chi connectivity index (χ2v) is 6.44. The van der Waals surface area contributed by atoms with Crippen molar-refractivity contribution in [2.45, 2.75) is 18.9 Å². The fourth-order valence-electron chi connectivity index (χ4n) is 2.87. The fourth-order valence-corrected chi connectivity index (χ4v) is 2.87. The van der Waals surface area contributed by atoms with Gasteiger partial charge in [-0.25, -0.2) is 4.98 Å². The molecule has 6 nitrogen and oxygen atoms in total. The van der Waals surface area contributed by atoms with Crippen LogP contribution in [-0.4, -0.2) is 22.8 Å². The fraction of sp³-hybridized carbons (Fsp3) is 0.200. The third kappa shape index (κ3) is 3.13. The van der Waals surface area contributed by atoms with E-state index in [2.05, 4.69) is 20.6 Å². The highest BCUT2D eigenvalue weighted by Crippen LogP contribution is 2.35. The van der Waals surface area contributed by atoms with Crippen molar-refractivity contribution in [2.75, 3.05) is 17.4 Å². The van der Waals surface area contributed by atoms with Crippen LogP contribution in [0, 0.1) is 0 Å². The molecule has 0 amide bonds. The lowest BCUT2D eigenvalue weighted by Gasteiger charge is -2.11. The SMILES string of the molecule is c1ccc(-c2cc(Nc3ccc4c(c3)OCO4)nc(NC3CC3)n2)cc1. The topological polar surface area (TPSA) is 68.3 Å². The number of rotatable bonds is 5. The highest BCUT2D eigenvalue weighted by Gasteiger charge is 2.22. The standard InChI is InChI=1S/C20H18N4O2/c1-2-4-13(5-3-1)16-11-19(24-20(23-16)22-14-6-7-14)21-15-8-9-17-18(10-15)26-12-25-17/h1-5,8-11,14H,6-7,12H2,(H2,21,22,23,24). The zero-order valence-corrected chi connectivity index (χ0v) is 14.1. The van der Waals surface area contributed by atoms with Crippen molar-refractivity contribution >= 4 is 17.5 Å². The number of nitrogens with zero attached hydrogens (tertiary/aromatic N) is 2. The van der Waals surface area contributed by atoms with Gasteiger partial charge in [0, 0.05) is 29.4 Å². The summed E-state index contributed by atoms with van der Waals surface area (Å²) in [6, 6.07) is 18.3. The maximum Gasteiger partial charge on any atom is 0.231 e. The Labute approximate surface area is 151 Å². The van der Waals surface area contributed by atoms with Crippen molar-refractivity contribution in [3.05, 3.63) is 54.6 Å². The second-order valence-electron chi connectivity index (χ2n) is 6.44. The van der Waals surface area contributed by atoms with Gasteiger partial charge in [0.25, 0.3) is 0 Å². The van der Waals surface area contributed by atoms with Crippen LogP contribution in [0.15, 0.2) is 54.6 Å². The third-order valence-corrected chi connectivity index (χ3v) is 4.35. The summed E-state index contributed by atoms with van der Waals surface area (Å²) in [5.41, 5.74) is 2.83. The van der Waals surface area contributed by atoms with E-state index in [1.165, 1.54) is 12.8 Å². The Kier molecular flexibility index (Phi) is 3.59. The van der Waals surface area contributed by atoms with Crippen molar-refractivity contribution < 1.29 is 9.47 Å². The van der Waals surface area contributed by atoms with Crippen LogP contribution in [-0.2, 0) is 0 Å². The molecule has 0 spiro atoms. The minimum atomic E-state index is 0.264. The first-order chi connectivity index (χ1) is 12.8. The normalized spacial score (nSPS) is 14.9. The monoisotopic (exact) mass is 346 g/mol. The highest BCUT2D eigenvalue weighted by molar-refractivity contribution is 5.68. The Morgan fingerprint density at radius 3 is 2.58 bits per heavy atom. The first kappa shape index (κ1) is 15.0. The van der Waals surface area contributed by atoms with Crippen molar-refractivity contribution in [1.82, 2.24) is 9.97 Å². The Morgan fingerprint density at radius 1 is 0.885 bits per heavy atom. The minimum Gasteiger partial charge on any atom is -0.454 e. The molecule has 6 heteroatoms. The molecule has 1 aliphatic carbocycles. The molecule has 0 atom stereocenters. The van der Waals surface area contributed by atoms with Gasteiger partial charge in [-0.3, -0.25) is 0 Å². The molecular weight excluding hydrogens is 328 g/mol. The van der Waals surface area contributed by atoms with Gasteiger partial charge in [-0.15, -0.1) is 0 Å². The maximum atomic E-state index is 5.45. The number of hydrogen-bond acceptors (Lipinski definition) is 6. The van der Waals surface area contributed by atoms with Crippen LogP contribution in [0.4, 0.5) is 17.5 Å². The summed E-state index contributed by atoms with van der Waals surface area (Å²) in [7, 11) is 0. The number of ether oxygens (including phenoxy) is 2. The summed E-state index contributed by atoms with van der Waals surface area (Å²) in [4.78, 5) is 9.30. The first-order valence-corrected chi connectivity index (χ1v) is 8.71. The van der Waals surface area contributed by atoms with Gasteiger partial charge in [0.15, 0.2) is 11.5 Å². The van der Waals surface area contributed by atoms with E-state index in [4.69, 9.17) is 9.47 Å². The van der Waals surface area contributed by atoms with Gasteiger partial charge >= 0.3 is 0 Å². The van der Waals surface area contributed by atoms with Gasteiger partial charge in [-0.1, -0.05) is 30.3 Å². The van der Waals surface area contributed by atoms with E-state index in [1.807, 2.05) is 54.6 Å². The number of hydrogen-bond donors (Lipinski definition) is 2. The Hall–Kier alpha value is -3.28. The van der Waals surface area contributed by atoms with Crippen LogP contribution in [0.1, 0.15) is 12.8 Å². The minimum absolute atomic E-state index is 0.264. The molecule has 2 aliphatic rings. The summed E-state index contributed by atoms with van der Waals surface area (Å²) in [5, 5.41) is 6.74.